The molecule has 5 heteroatoms. The average Bonchev–Trinajstić information content (AvgIpc) is 3.06. The normalized spacial score (nSPS) is 38.3. The maximum absolute atomic E-state index is 12.9. The molecule has 1 aromatic rings. The first-order chi connectivity index (χ1) is 14.9. The van der Waals surface area contributed by atoms with E-state index in [1.54, 1.807) is 0 Å². The molecule has 31 heavy (non-hydrogen) atoms. The van der Waals surface area contributed by atoms with E-state index < -0.39 is 6.10 Å². The molecule has 0 spiro atoms. The van der Waals surface area contributed by atoms with Crippen LogP contribution >= 0.6 is 0 Å². The molecule has 3 fully saturated rings. The molecule has 2 aliphatic carbocycles. The Morgan fingerprint density at radius 1 is 1.26 bits per heavy atom. The van der Waals surface area contributed by atoms with Crippen molar-refractivity contribution in [3.63, 3.8) is 0 Å². The van der Waals surface area contributed by atoms with Crippen LogP contribution in [-0.4, -0.2) is 56.0 Å². The minimum absolute atomic E-state index is 0.0721. The summed E-state index contributed by atoms with van der Waals surface area (Å²) in [5.41, 5.74) is 3.73. The van der Waals surface area contributed by atoms with Crippen LogP contribution in [0.5, 0.6) is 0 Å². The quantitative estimate of drug-likeness (QED) is 0.575. The molecule has 4 aliphatic rings. The predicted octanol–water partition coefficient (Wildman–Crippen LogP) is 1.98. The number of para-hydroxylation sites is 1. The fourth-order valence-corrected chi connectivity index (χ4v) is 6.79. The van der Waals surface area contributed by atoms with E-state index in [1.807, 2.05) is 0 Å². The zero-order valence-corrected chi connectivity index (χ0v) is 19.1. The van der Waals surface area contributed by atoms with Gasteiger partial charge in [0, 0.05) is 23.4 Å². The fraction of sp³-hybridized carbons (Fsp3) is 0.654. The summed E-state index contributed by atoms with van der Waals surface area (Å²) in [5, 5.41) is 11.6. The molecule has 2 heterocycles. The Balaban J connectivity index is 1.28. The minimum atomic E-state index is -0.503. The Hall–Kier alpha value is -1.85. The summed E-state index contributed by atoms with van der Waals surface area (Å²) in [4.78, 5) is 16.8. The third kappa shape index (κ3) is 3.41. The van der Waals surface area contributed by atoms with Crippen molar-refractivity contribution < 1.29 is 19.5 Å². The predicted molar refractivity (Wildman–Crippen MR) is 121 cm³/mol. The number of nitrogens with zero attached hydrogens (tertiary/aromatic N) is 1. The van der Waals surface area contributed by atoms with Crippen LogP contribution in [0.25, 0.3) is 0 Å². The van der Waals surface area contributed by atoms with Gasteiger partial charge in [0.15, 0.2) is 0 Å². The van der Waals surface area contributed by atoms with Crippen molar-refractivity contribution in [3.05, 3.63) is 41.5 Å². The highest BCUT2D eigenvalue weighted by molar-refractivity contribution is 5.76. The van der Waals surface area contributed by atoms with Crippen molar-refractivity contribution in [2.75, 3.05) is 37.6 Å². The number of aryl methyl sites for hydroxylation is 1. The molecular formula is C26H37N2O3+. The number of benzene rings is 1. The second kappa shape index (κ2) is 7.93. The van der Waals surface area contributed by atoms with Crippen LogP contribution < -0.4 is 9.80 Å². The van der Waals surface area contributed by atoms with Gasteiger partial charge in [-0.3, -0.25) is 4.79 Å². The van der Waals surface area contributed by atoms with Gasteiger partial charge in [-0.05, 0) is 37.3 Å². The van der Waals surface area contributed by atoms with E-state index >= 15 is 0 Å². The number of esters is 1. The SMILES string of the molecule is Cc1ccccc1N1CC[NH+](C[C@@H]2C(=O)O[C@H]3CC4=CCC[C@@H](C)[C@]4(C)[C@H](O)[C@@H]32)CC1. The number of carbonyl (C=O) groups excluding carboxylic acids is 1. The summed E-state index contributed by atoms with van der Waals surface area (Å²) in [5.74, 6) is 0.0906. The number of aliphatic hydroxyl groups excluding tert-OH is 1. The van der Waals surface area contributed by atoms with Crippen LogP contribution in [0, 0.1) is 30.1 Å². The number of fused-ring (bicyclic) bond motifs is 2. The average molecular weight is 426 g/mol. The number of aliphatic hydroxyl groups is 1. The smallest absolute Gasteiger partial charge is 0.315 e. The molecule has 5 nitrogen and oxygen atoms in total. The lowest BCUT2D eigenvalue weighted by molar-refractivity contribution is -0.903. The molecule has 0 unspecified atom stereocenters. The Labute approximate surface area is 186 Å². The number of nitrogens with one attached hydrogen (secondary N) is 1. The number of hydrogen-bond donors (Lipinski definition) is 2. The molecule has 0 bridgehead atoms. The first-order valence-corrected chi connectivity index (χ1v) is 12.1. The lowest BCUT2D eigenvalue weighted by Gasteiger charge is -2.51. The number of quaternary nitrogens is 1. The summed E-state index contributed by atoms with van der Waals surface area (Å²) in [6.45, 7) is 11.5. The zero-order valence-electron chi connectivity index (χ0n) is 19.1. The van der Waals surface area contributed by atoms with Crippen molar-refractivity contribution in [3.8, 4) is 0 Å². The Bertz CT molecular complexity index is 875. The van der Waals surface area contributed by atoms with Gasteiger partial charge in [0.05, 0.1) is 38.8 Å². The third-order valence-corrected chi connectivity index (χ3v) is 9.01. The molecule has 1 saturated carbocycles. The summed E-state index contributed by atoms with van der Waals surface area (Å²) in [6, 6.07) is 8.57. The van der Waals surface area contributed by atoms with Crippen molar-refractivity contribution in [2.24, 2.45) is 23.2 Å². The van der Waals surface area contributed by atoms with Gasteiger partial charge in [0.1, 0.15) is 12.0 Å². The Morgan fingerprint density at radius 3 is 2.74 bits per heavy atom. The van der Waals surface area contributed by atoms with E-state index in [1.165, 1.54) is 21.7 Å². The highest BCUT2D eigenvalue weighted by atomic mass is 16.6. The molecule has 168 valence electrons. The van der Waals surface area contributed by atoms with Crippen LogP contribution in [0.15, 0.2) is 35.9 Å². The van der Waals surface area contributed by atoms with Crippen LogP contribution in [0.3, 0.4) is 0 Å². The summed E-state index contributed by atoms with van der Waals surface area (Å²) >= 11 is 0. The second-order valence-corrected chi connectivity index (χ2v) is 10.5. The molecule has 2 N–H and O–H groups in total. The lowest BCUT2D eigenvalue weighted by Crippen LogP contribution is -3.15. The molecule has 2 saturated heterocycles. The van der Waals surface area contributed by atoms with Gasteiger partial charge >= 0.3 is 5.97 Å². The standard InChI is InChI=1S/C26H36N2O3/c1-17-7-4-5-10-21(17)28-13-11-27(12-14-28)16-20-23-22(31-25(20)30)15-19-9-6-8-18(2)26(19,3)24(23)29/h4-5,7,9-10,18,20,22-24,29H,6,8,11-16H2,1-3H3/p+1/t18-,20+,22+,23-,24-,26+/m1/s1. The van der Waals surface area contributed by atoms with Gasteiger partial charge in [-0.2, -0.15) is 0 Å². The molecule has 0 radical (unpaired) electrons. The van der Waals surface area contributed by atoms with Crippen LogP contribution in [0.1, 0.15) is 38.7 Å². The maximum atomic E-state index is 12.9. The maximum Gasteiger partial charge on any atom is 0.315 e. The number of ether oxygens (including phenoxy) is 1. The van der Waals surface area contributed by atoms with Crippen molar-refractivity contribution in [1.29, 1.82) is 0 Å². The first kappa shape index (κ1) is 21.0. The van der Waals surface area contributed by atoms with E-state index in [-0.39, 0.29) is 29.3 Å². The highest BCUT2D eigenvalue weighted by Gasteiger charge is 2.60. The summed E-state index contributed by atoms with van der Waals surface area (Å²) in [7, 11) is 0. The van der Waals surface area contributed by atoms with Crippen molar-refractivity contribution in [1.82, 2.24) is 0 Å². The van der Waals surface area contributed by atoms with Crippen LogP contribution in [0.2, 0.25) is 0 Å². The molecular weight excluding hydrogens is 388 g/mol. The summed E-state index contributed by atoms with van der Waals surface area (Å²) < 4.78 is 5.86. The van der Waals surface area contributed by atoms with Gasteiger partial charge in [-0.15, -0.1) is 0 Å². The Kier molecular flexibility index (Phi) is 5.38. The molecule has 0 amide bonds. The van der Waals surface area contributed by atoms with Crippen molar-refractivity contribution in [2.45, 2.75) is 52.2 Å². The van der Waals surface area contributed by atoms with E-state index in [4.69, 9.17) is 4.74 Å². The monoisotopic (exact) mass is 425 g/mol. The molecule has 1 aromatic carbocycles. The number of allylic oxidation sites excluding steroid dienone is 1. The van der Waals surface area contributed by atoms with E-state index in [0.717, 1.165) is 52.0 Å². The fourth-order valence-electron chi connectivity index (χ4n) is 6.79. The minimum Gasteiger partial charge on any atom is -0.461 e. The number of rotatable bonds is 3. The molecule has 6 atom stereocenters. The van der Waals surface area contributed by atoms with E-state index in [0.29, 0.717) is 5.92 Å². The topological polar surface area (TPSA) is 54.2 Å². The van der Waals surface area contributed by atoms with Gasteiger partial charge < -0.3 is 19.6 Å². The highest BCUT2D eigenvalue weighted by Crippen LogP contribution is 2.55. The number of piperazine rings is 1. The van der Waals surface area contributed by atoms with E-state index in [2.05, 4.69) is 56.0 Å². The van der Waals surface area contributed by atoms with Gasteiger partial charge in [-0.1, -0.05) is 43.7 Å². The van der Waals surface area contributed by atoms with Gasteiger partial charge in [0.2, 0.25) is 0 Å². The number of carbonyl (C=O) groups is 1. The lowest BCUT2D eigenvalue weighted by atomic mass is 9.55. The molecule has 2 aliphatic heterocycles. The van der Waals surface area contributed by atoms with Gasteiger partial charge in [0.25, 0.3) is 0 Å². The van der Waals surface area contributed by atoms with Crippen LogP contribution in [-0.2, 0) is 9.53 Å². The van der Waals surface area contributed by atoms with E-state index in [9.17, 15) is 9.90 Å². The number of hydrogen-bond acceptors (Lipinski definition) is 4. The third-order valence-electron chi connectivity index (χ3n) is 9.01. The zero-order chi connectivity index (χ0) is 21.8. The Morgan fingerprint density at radius 2 is 2.00 bits per heavy atom. The van der Waals surface area contributed by atoms with Crippen molar-refractivity contribution >= 4 is 11.7 Å². The first-order valence-electron chi connectivity index (χ1n) is 12.1. The molecule has 5 rings (SSSR count). The summed E-state index contributed by atoms with van der Waals surface area (Å²) in [6.07, 6.45) is 4.64. The van der Waals surface area contributed by atoms with Gasteiger partial charge in [-0.25, -0.2) is 0 Å². The molecule has 0 aromatic heterocycles. The van der Waals surface area contributed by atoms with Crippen LogP contribution in [0.4, 0.5) is 5.69 Å². The number of anilines is 1. The largest absolute Gasteiger partial charge is 0.461 e. The second-order valence-electron chi connectivity index (χ2n) is 10.5.